The number of halogens is 3. The third-order valence-corrected chi connectivity index (χ3v) is 5.78. The molecule has 0 saturated heterocycles. The Labute approximate surface area is 246 Å². The molecule has 0 fully saturated rings. The molecule has 34 heavy (non-hydrogen) atoms. The zero-order valence-corrected chi connectivity index (χ0v) is 24.4. The van der Waals surface area contributed by atoms with Crippen LogP contribution >= 0.6 is 45.2 Å². The van der Waals surface area contributed by atoms with E-state index in [2.05, 4.69) is 47.9 Å². The number of rotatable bonds is 1. The van der Waals surface area contributed by atoms with Gasteiger partial charge < -0.3 is 1.43 Å². The molecule has 166 valence electrons. The summed E-state index contributed by atoms with van der Waals surface area (Å²) in [5.41, 5.74) is 2.18. The van der Waals surface area contributed by atoms with Gasteiger partial charge in [0, 0.05) is 36.4 Å². The van der Waals surface area contributed by atoms with Gasteiger partial charge in [-0.25, -0.2) is 14.6 Å². The SMILES string of the molecule is Fc1cc(I)ccn1.Ic1ccnc(-n2ncc3ccccc32)c1.[H-].[Na+].c1ccc2[nH]ncc2c1. The summed E-state index contributed by atoms with van der Waals surface area (Å²) >= 11 is 4.30. The van der Waals surface area contributed by atoms with Gasteiger partial charge in [-0.15, -0.1) is 0 Å². The van der Waals surface area contributed by atoms with Crippen molar-refractivity contribution < 1.29 is 35.4 Å². The van der Waals surface area contributed by atoms with Crippen molar-refractivity contribution in [2.24, 2.45) is 0 Å². The average Bonchev–Trinajstić information content (AvgIpc) is 3.47. The zero-order valence-electron chi connectivity index (χ0n) is 19.1. The number of aromatic amines is 1. The van der Waals surface area contributed by atoms with Gasteiger partial charge in [-0.1, -0.05) is 36.4 Å². The van der Waals surface area contributed by atoms with Crippen LogP contribution in [-0.4, -0.2) is 29.9 Å². The van der Waals surface area contributed by atoms with Gasteiger partial charge in [-0.2, -0.15) is 14.6 Å². The number of nitrogens with zero attached hydrogens (tertiary/aromatic N) is 5. The molecule has 4 heterocycles. The minimum atomic E-state index is -0.420. The fourth-order valence-electron chi connectivity index (χ4n) is 2.93. The number of H-pyrrole nitrogens is 1. The summed E-state index contributed by atoms with van der Waals surface area (Å²) < 4.78 is 15.9. The maximum absolute atomic E-state index is 12.1. The second-order valence-corrected chi connectivity index (χ2v) is 9.19. The predicted octanol–water partition coefficient (Wildman–Crippen LogP) is 3.53. The maximum atomic E-state index is 12.1. The Hall–Kier alpha value is -1.93. The Bertz CT molecular complexity index is 1450. The van der Waals surface area contributed by atoms with Gasteiger partial charge in [0.2, 0.25) is 5.95 Å². The first-order valence-corrected chi connectivity index (χ1v) is 12.0. The van der Waals surface area contributed by atoms with Crippen molar-refractivity contribution in [3.63, 3.8) is 0 Å². The molecule has 0 aliphatic heterocycles. The number of benzene rings is 2. The molecule has 6 rings (SSSR count). The molecule has 0 aliphatic rings. The molecule has 4 aromatic heterocycles. The monoisotopic (exact) mass is 686 g/mol. The van der Waals surface area contributed by atoms with E-state index in [1.54, 1.807) is 12.3 Å². The van der Waals surface area contributed by atoms with Crippen molar-refractivity contribution in [2.75, 3.05) is 0 Å². The van der Waals surface area contributed by atoms with E-state index in [0.29, 0.717) is 0 Å². The van der Waals surface area contributed by atoms with Crippen LogP contribution in [0, 0.1) is 13.1 Å². The molecule has 6 aromatic rings. The average molecular weight is 686 g/mol. The predicted molar refractivity (Wildman–Crippen MR) is 146 cm³/mol. The van der Waals surface area contributed by atoms with Crippen molar-refractivity contribution in [3.05, 3.63) is 111 Å². The zero-order chi connectivity index (χ0) is 23.0. The van der Waals surface area contributed by atoms with Gasteiger partial charge in [0.15, 0.2) is 5.82 Å². The Morgan fingerprint density at radius 1 is 0.794 bits per heavy atom. The summed E-state index contributed by atoms with van der Waals surface area (Å²) in [5, 5.41) is 13.4. The summed E-state index contributed by atoms with van der Waals surface area (Å²) in [6.45, 7) is 0. The number of hydrogen-bond acceptors (Lipinski definition) is 4. The smallest absolute Gasteiger partial charge is 1.00 e. The van der Waals surface area contributed by atoms with Crippen LogP contribution in [0.3, 0.4) is 0 Å². The molecule has 0 bridgehead atoms. The Kier molecular flexibility index (Phi) is 10.4. The molecule has 6 nitrogen and oxygen atoms in total. The molecule has 1 N–H and O–H groups in total. The van der Waals surface area contributed by atoms with Crippen LogP contribution in [0.5, 0.6) is 0 Å². The quantitative estimate of drug-likeness (QED) is 0.163. The number of pyridine rings is 2. The number of fused-ring (bicyclic) bond motifs is 2. The summed E-state index contributed by atoms with van der Waals surface area (Å²) in [7, 11) is 0. The Morgan fingerprint density at radius 2 is 1.47 bits per heavy atom. The fraction of sp³-hybridized carbons (Fsp3) is 0. The summed E-state index contributed by atoms with van der Waals surface area (Å²) in [4.78, 5) is 7.70. The second kappa shape index (κ2) is 13.2. The van der Waals surface area contributed by atoms with Crippen LogP contribution in [0.4, 0.5) is 4.39 Å². The third-order valence-electron chi connectivity index (χ3n) is 4.44. The summed E-state index contributed by atoms with van der Waals surface area (Å²) in [5.74, 6) is 0.435. The van der Waals surface area contributed by atoms with Crippen LogP contribution in [-0.2, 0) is 0 Å². The first-order chi connectivity index (χ1) is 16.1. The van der Waals surface area contributed by atoms with Crippen LogP contribution in [0.15, 0.2) is 97.6 Å². The molecule has 0 atom stereocenters. The fourth-order valence-corrected chi connectivity index (χ4v) is 3.78. The van der Waals surface area contributed by atoms with E-state index >= 15 is 0 Å². The molecule has 2 aromatic carbocycles. The first kappa shape index (κ1) is 26.7. The van der Waals surface area contributed by atoms with Gasteiger partial charge >= 0.3 is 29.6 Å². The molecule has 0 amide bonds. The number of hydrogen-bond donors (Lipinski definition) is 1. The van der Waals surface area contributed by atoms with E-state index in [4.69, 9.17) is 0 Å². The normalized spacial score (nSPS) is 9.97. The van der Waals surface area contributed by atoms with Crippen LogP contribution in [0.1, 0.15) is 1.43 Å². The van der Waals surface area contributed by atoms with Crippen molar-refractivity contribution >= 4 is 67.0 Å². The molecule has 10 heteroatoms. The first-order valence-electron chi connectivity index (χ1n) is 9.80. The summed E-state index contributed by atoms with van der Waals surface area (Å²) in [6, 6.07) is 23.2. The Morgan fingerprint density at radius 3 is 2.15 bits per heavy atom. The van der Waals surface area contributed by atoms with Crippen molar-refractivity contribution in [1.82, 2.24) is 29.9 Å². The molecular weight excluding hydrogens is 668 g/mol. The molecule has 0 radical (unpaired) electrons. The van der Waals surface area contributed by atoms with E-state index in [0.717, 1.165) is 34.8 Å². The van der Waals surface area contributed by atoms with Gasteiger partial charge in [0.05, 0.1) is 23.4 Å². The van der Waals surface area contributed by atoms with E-state index in [9.17, 15) is 4.39 Å². The number of aromatic nitrogens is 6. The molecule has 0 spiro atoms. The van der Waals surface area contributed by atoms with Crippen LogP contribution in [0.25, 0.3) is 27.6 Å². The van der Waals surface area contributed by atoms with Crippen molar-refractivity contribution in [1.29, 1.82) is 0 Å². The largest absolute Gasteiger partial charge is 1.00 e. The maximum Gasteiger partial charge on any atom is 1.00 e. The summed E-state index contributed by atoms with van der Waals surface area (Å²) in [6.07, 6.45) is 6.91. The molecule has 0 saturated carbocycles. The second-order valence-electron chi connectivity index (χ2n) is 6.70. The third kappa shape index (κ3) is 7.28. The van der Waals surface area contributed by atoms with Gasteiger partial charge in [0.1, 0.15) is 0 Å². The topological polar surface area (TPSA) is 72.3 Å². The van der Waals surface area contributed by atoms with E-state index in [1.165, 1.54) is 12.3 Å². The number of nitrogens with one attached hydrogen (secondary N) is 1. The van der Waals surface area contributed by atoms with E-state index in [-0.39, 0.29) is 31.0 Å². The standard InChI is InChI=1S/C12H8IN3.C7H6N2.C5H3FIN.Na.H/c13-10-5-6-14-12(7-10)16-11-4-2-1-3-9(11)8-15-16;1-2-4-7-6(3-1)5-8-9-7;6-5-3-4(7)1-2-8-5;;/h1-8H;1-5H,(H,8,9);1-3H;;/q;;;+1;-1. The Balaban J connectivity index is 0.000000195. The number of para-hydroxylation sites is 2. The van der Waals surface area contributed by atoms with Gasteiger partial charge in [-0.05, 0) is 75.5 Å². The minimum Gasteiger partial charge on any atom is -1.00 e. The van der Waals surface area contributed by atoms with Crippen LogP contribution in [0.2, 0.25) is 0 Å². The molecular formula is C24H18FI2N6Na. The minimum absolute atomic E-state index is 0. The van der Waals surface area contributed by atoms with Gasteiger partial charge in [-0.3, -0.25) is 5.10 Å². The molecule has 0 unspecified atom stereocenters. The van der Waals surface area contributed by atoms with Crippen molar-refractivity contribution in [3.8, 4) is 5.82 Å². The van der Waals surface area contributed by atoms with Crippen molar-refractivity contribution in [2.45, 2.75) is 0 Å². The molecule has 0 aliphatic carbocycles. The van der Waals surface area contributed by atoms with E-state index in [1.807, 2.05) is 100 Å². The van der Waals surface area contributed by atoms with Gasteiger partial charge in [0.25, 0.3) is 0 Å². The van der Waals surface area contributed by atoms with Crippen LogP contribution < -0.4 is 29.6 Å². The van der Waals surface area contributed by atoms with E-state index < -0.39 is 5.95 Å².